The highest BCUT2D eigenvalue weighted by Crippen LogP contribution is 2.25. The van der Waals surface area contributed by atoms with E-state index in [1.165, 1.54) is 0 Å². The van der Waals surface area contributed by atoms with E-state index >= 15 is 0 Å². The van der Waals surface area contributed by atoms with Crippen LogP contribution >= 0.6 is 15.9 Å². The van der Waals surface area contributed by atoms with E-state index < -0.39 is 0 Å². The fourth-order valence-corrected chi connectivity index (χ4v) is 2.42. The van der Waals surface area contributed by atoms with Crippen LogP contribution in [0.3, 0.4) is 0 Å². The molecule has 0 aliphatic heterocycles. The second kappa shape index (κ2) is 7.22. The van der Waals surface area contributed by atoms with Gasteiger partial charge in [0.1, 0.15) is 0 Å². The number of nitrogens with zero attached hydrogens (tertiary/aromatic N) is 2. The number of benzene rings is 1. The Morgan fingerprint density at radius 3 is 2.62 bits per heavy atom. The number of nitrogens with one attached hydrogen (secondary N) is 1. The van der Waals surface area contributed by atoms with E-state index in [1.54, 1.807) is 17.3 Å². The van der Waals surface area contributed by atoms with Crippen LogP contribution in [0.1, 0.15) is 24.2 Å². The Morgan fingerprint density at radius 2 is 1.95 bits per heavy atom. The third-order valence-electron chi connectivity index (χ3n) is 3.19. The maximum atomic E-state index is 12.3. The van der Waals surface area contributed by atoms with Crippen molar-refractivity contribution in [3.8, 4) is 0 Å². The summed E-state index contributed by atoms with van der Waals surface area (Å²) in [5.41, 5.74) is 2.32. The number of rotatable bonds is 5. The van der Waals surface area contributed by atoms with Crippen LogP contribution in [0.2, 0.25) is 0 Å². The van der Waals surface area contributed by atoms with Gasteiger partial charge in [-0.2, -0.15) is 0 Å². The molecule has 0 aliphatic rings. The van der Waals surface area contributed by atoms with Gasteiger partial charge in [-0.3, -0.25) is 9.78 Å². The molecule has 0 aliphatic carbocycles. The van der Waals surface area contributed by atoms with Crippen LogP contribution in [0, 0.1) is 0 Å². The van der Waals surface area contributed by atoms with E-state index in [-0.39, 0.29) is 5.91 Å². The van der Waals surface area contributed by atoms with Gasteiger partial charge in [0.25, 0.3) is 5.91 Å². The van der Waals surface area contributed by atoms with Gasteiger partial charge in [-0.05, 0) is 48.0 Å². The summed E-state index contributed by atoms with van der Waals surface area (Å²) in [5, 5.41) is 3.26. The van der Waals surface area contributed by atoms with E-state index in [1.807, 2.05) is 44.2 Å². The minimum atomic E-state index is 0.00303. The summed E-state index contributed by atoms with van der Waals surface area (Å²) in [6.45, 7) is 5.32. The zero-order valence-corrected chi connectivity index (χ0v) is 13.7. The molecule has 2 rings (SSSR count). The normalized spacial score (nSPS) is 10.2. The van der Waals surface area contributed by atoms with E-state index in [0.717, 1.165) is 15.8 Å². The lowest BCUT2D eigenvalue weighted by Gasteiger charge is -2.18. The molecule has 1 amide bonds. The largest absolute Gasteiger partial charge is 0.353 e. The van der Waals surface area contributed by atoms with Gasteiger partial charge >= 0.3 is 0 Å². The van der Waals surface area contributed by atoms with Gasteiger partial charge in [0.05, 0.1) is 23.1 Å². The molecule has 1 aromatic carbocycles. The number of halogens is 1. The van der Waals surface area contributed by atoms with Crippen molar-refractivity contribution in [1.29, 1.82) is 0 Å². The number of anilines is 2. The lowest BCUT2D eigenvalue weighted by Crippen LogP contribution is -2.30. The number of carbonyl (C=O) groups excluding carboxylic acids is 1. The van der Waals surface area contributed by atoms with E-state index in [4.69, 9.17) is 0 Å². The predicted molar refractivity (Wildman–Crippen MR) is 88.9 cm³/mol. The van der Waals surface area contributed by atoms with Crippen molar-refractivity contribution >= 4 is 33.2 Å². The van der Waals surface area contributed by atoms with E-state index in [9.17, 15) is 4.79 Å². The van der Waals surface area contributed by atoms with Crippen molar-refractivity contribution in [2.75, 3.05) is 18.4 Å². The zero-order chi connectivity index (χ0) is 15.2. The molecular formula is C16H18BrN3O. The fourth-order valence-electron chi connectivity index (χ4n) is 2.04. The highest BCUT2D eigenvalue weighted by Gasteiger charge is 2.13. The van der Waals surface area contributed by atoms with Gasteiger partial charge < -0.3 is 10.2 Å². The van der Waals surface area contributed by atoms with Crippen molar-refractivity contribution in [3.05, 3.63) is 52.8 Å². The highest BCUT2D eigenvalue weighted by molar-refractivity contribution is 9.10. The van der Waals surface area contributed by atoms with Crippen molar-refractivity contribution in [2.24, 2.45) is 0 Å². The van der Waals surface area contributed by atoms with Crippen LogP contribution in [0.5, 0.6) is 0 Å². The highest BCUT2D eigenvalue weighted by atomic mass is 79.9. The summed E-state index contributed by atoms with van der Waals surface area (Å²) < 4.78 is 0.963. The number of para-hydroxylation sites is 1. The summed E-state index contributed by atoms with van der Waals surface area (Å²) in [5.74, 6) is 0.00303. The smallest absolute Gasteiger partial charge is 0.255 e. The predicted octanol–water partition coefficient (Wildman–Crippen LogP) is 4.07. The van der Waals surface area contributed by atoms with Crippen LogP contribution in [0.4, 0.5) is 11.4 Å². The first-order valence-electron chi connectivity index (χ1n) is 6.91. The number of carbonyl (C=O) groups is 1. The molecular weight excluding hydrogens is 330 g/mol. The number of aromatic nitrogens is 1. The second-order valence-corrected chi connectivity index (χ2v) is 5.40. The first kappa shape index (κ1) is 15.5. The standard InChI is InChI=1S/C16H18BrN3O/c1-3-20(4-2)16(21)12-9-13(11-18-10-12)19-15-8-6-5-7-14(15)17/h5-11,19H,3-4H2,1-2H3. The van der Waals surface area contributed by atoms with Crippen LogP contribution in [-0.4, -0.2) is 28.9 Å². The molecule has 0 spiro atoms. The van der Waals surface area contributed by atoms with Crippen LogP contribution in [0.25, 0.3) is 0 Å². The number of pyridine rings is 1. The number of hydrogen-bond donors (Lipinski definition) is 1. The maximum absolute atomic E-state index is 12.3. The van der Waals surface area contributed by atoms with Gasteiger partial charge in [0.2, 0.25) is 0 Å². The topological polar surface area (TPSA) is 45.2 Å². The zero-order valence-electron chi connectivity index (χ0n) is 12.1. The molecule has 0 saturated heterocycles. The van der Waals surface area contributed by atoms with E-state index in [2.05, 4.69) is 26.2 Å². The molecule has 110 valence electrons. The minimum absolute atomic E-state index is 0.00303. The van der Waals surface area contributed by atoms with Gasteiger partial charge in [-0.1, -0.05) is 12.1 Å². The van der Waals surface area contributed by atoms with Crippen molar-refractivity contribution in [2.45, 2.75) is 13.8 Å². The summed E-state index contributed by atoms with van der Waals surface area (Å²) in [6.07, 6.45) is 3.31. The average Bonchev–Trinajstić information content (AvgIpc) is 2.51. The third-order valence-corrected chi connectivity index (χ3v) is 3.88. The van der Waals surface area contributed by atoms with Crippen molar-refractivity contribution in [1.82, 2.24) is 9.88 Å². The maximum Gasteiger partial charge on any atom is 0.255 e. The van der Waals surface area contributed by atoms with E-state index in [0.29, 0.717) is 18.7 Å². The number of amides is 1. The molecule has 0 radical (unpaired) electrons. The Balaban J connectivity index is 2.22. The summed E-state index contributed by atoms with van der Waals surface area (Å²) in [4.78, 5) is 18.3. The second-order valence-electron chi connectivity index (χ2n) is 4.54. The van der Waals surface area contributed by atoms with Gasteiger partial charge in [-0.15, -0.1) is 0 Å². The molecule has 0 fully saturated rings. The first-order chi connectivity index (χ1) is 10.2. The molecule has 5 heteroatoms. The summed E-state index contributed by atoms with van der Waals surface area (Å²) in [6, 6.07) is 9.65. The minimum Gasteiger partial charge on any atom is -0.353 e. The SMILES string of the molecule is CCN(CC)C(=O)c1cncc(Nc2ccccc2Br)c1. The lowest BCUT2D eigenvalue weighted by atomic mass is 10.2. The monoisotopic (exact) mass is 347 g/mol. The first-order valence-corrected chi connectivity index (χ1v) is 7.70. The van der Waals surface area contributed by atoms with Gasteiger partial charge in [-0.25, -0.2) is 0 Å². The number of hydrogen-bond acceptors (Lipinski definition) is 3. The Hall–Kier alpha value is -1.88. The Labute approximate surface area is 133 Å². The van der Waals surface area contributed by atoms with Gasteiger partial charge in [0.15, 0.2) is 0 Å². The summed E-state index contributed by atoms with van der Waals surface area (Å²) >= 11 is 3.49. The molecule has 0 atom stereocenters. The third kappa shape index (κ3) is 3.82. The van der Waals surface area contributed by atoms with Crippen LogP contribution in [0.15, 0.2) is 47.2 Å². The van der Waals surface area contributed by atoms with Crippen LogP contribution in [-0.2, 0) is 0 Å². The van der Waals surface area contributed by atoms with Gasteiger partial charge in [0, 0.05) is 23.8 Å². The molecule has 0 saturated carbocycles. The van der Waals surface area contributed by atoms with Crippen molar-refractivity contribution < 1.29 is 4.79 Å². The average molecular weight is 348 g/mol. The molecule has 2 aromatic rings. The molecule has 1 N–H and O–H groups in total. The Bertz CT molecular complexity index is 626. The Morgan fingerprint density at radius 1 is 1.24 bits per heavy atom. The molecule has 1 heterocycles. The lowest BCUT2D eigenvalue weighted by molar-refractivity contribution is 0.0772. The molecule has 21 heavy (non-hydrogen) atoms. The van der Waals surface area contributed by atoms with Crippen molar-refractivity contribution in [3.63, 3.8) is 0 Å². The summed E-state index contributed by atoms with van der Waals surface area (Å²) in [7, 11) is 0. The quantitative estimate of drug-likeness (QED) is 0.886. The fraction of sp³-hybridized carbons (Fsp3) is 0.250. The molecule has 1 aromatic heterocycles. The van der Waals surface area contributed by atoms with Crippen LogP contribution < -0.4 is 5.32 Å². The molecule has 0 bridgehead atoms. The molecule has 4 nitrogen and oxygen atoms in total. The molecule has 0 unspecified atom stereocenters. The Kier molecular flexibility index (Phi) is 5.33.